The lowest BCUT2D eigenvalue weighted by Gasteiger charge is -2.22. The first-order valence-electron chi connectivity index (χ1n) is 6.40. The van der Waals surface area contributed by atoms with Crippen LogP contribution >= 0.6 is 0 Å². The van der Waals surface area contributed by atoms with Crippen molar-refractivity contribution >= 4 is 17.3 Å². The number of anilines is 3. The lowest BCUT2D eigenvalue weighted by molar-refractivity contribution is 0.0572. The molecule has 0 bridgehead atoms. The number of nitrogens with two attached hydrogens (primary N) is 1. The minimum Gasteiger partial charge on any atom is -0.396 e. The summed E-state index contributed by atoms with van der Waals surface area (Å²) >= 11 is 0. The van der Waals surface area contributed by atoms with Gasteiger partial charge in [0.05, 0.1) is 24.4 Å². The van der Waals surface area contributed by atoms with Gasteiger partial charge in [-0.15, -0.1) is 0 Å². The Bertz CT molecular complexity index is 474. The van der Waals surface area contributed by atoms with Crippen LogP contribution < -0.4 is 15.5 Å². The van der Waals surface area contributed by atoms with Gasteiger partial charge in [-0.3, -0.25) is 0 Å². The molecule has 1 saturated heterocycles. The molecular formula is C12H19N5O3. The molecule has 0 aromatic carbocycles. The van der Waals surface area contributed by atoms with Gasteiger partial charge in [0, 0.05) is 26.7 Å². The lowest BCUT2D eigenvalue weighted by Crippen LogP contribution is -2.26. The second-order valence-electron chi connectivity index (χ2n) is 4.90. The van der Waals surface area contributed by atoms with Crippen LogP contribution in [-0.4, -0.2) is 60.6 Å². The van der Waals surface area contributed by atoms with Crippen molar-refractivity contribution in [2.24, 2.45) is 5.18 Å². The number of aromatic nitrogens is 1. The van der Waals surface area contributed by atoms with E-state index in [1.165, 1.54) is 0 Å². The Morgan fingerprint density at radius 1 is 1.45 bits per heavy atom. The number of aliphatic hydroxyl groups excluding tert-OH is 2. The van der Waals surface area contributed by atoms with Crippen molar-refractivity contribution in [2.75, 3.05) is 48.8 Å². The highest BCUT2D eigenvalue weighted by Crippen LogP contribution is 2.26. The van der Waals surface area contributed by atoms with Crippen LogP contribution in [0, 0.1) is 4.91 Å². The average Bonchev–Trinajstić information content (AvgIpc) is 2.76. The van der Waals surface area contributed by atoms with Crippen LogP contribution in [0.5, 0.6) is 0 Å². The second kappa shape index (κ2) is 6.02. The molecule has 1 aliphatic rings. The maximum absolute atomic E-state index is 10.2. The lowest BCUT2D eigenvalue weighted by atomic mass is 10.3. The molecule has 0 radical (unpaired) electrons. The molecule has 2 atom stereocenters. The zero-order valence-corrected chi connectivity index (χ0v) is 11.3. The minimum absolute atomic E-state index is 0.156. The zero-order valence-electron chi connectivity index (χ0n) is 11.3. The second-order valence-corrected chi connectivity index (χ2v) is 4.90. The molecule has 110 valence electrons. The molecule has 2 unspecified atom stereocenters. The number of aliphatic hydroxyl groups is 2. The SMILES string of the molecule is CN(CCN=O)c1nc(N2CC(O)C(O)C2)ccc1N. The molecule has 0 saturated carbocycles. The Kier molecular flexibility index (Phi) is 4.35. The van der Waals surface area contributed by atoms with Gasteiger partial charge in [-0.05, 0) is 12.1 Å². The van der Waals surface area contributed by atoms with E-state index < -0.39 is 12.2 Å². The quantitative estimate of drug-likeness (QED) is 0.618. The Labute approximate surface area is 116 Å². The number of β-amino-alcohol motifs (C(OH)–C–C–N with tert-alkyl or cyclic N) is 2. The third-order valence-electron chi connectivity index (χ3n) is 3.36. The van der Waals surface area contributed by atoms with Crippen molar-refractivity contribution in [1.82, 2.24) is 4.98 Å². The number of nitroso groups, excluding NO2 is 1. The highest BCUT2D eigenvalue weighted by atomic mass is 16.3. The summed E-state index contributed by atoms with van der Waals surface area (Å²) in [4.78, 5) is 18.2. The minimum atomic E-state index is -0.769. The average molecular weight is 281 g/mol. The van der Waals surface area contributed by atoms with Gasteiger partial charge in [0.15, 0.2) is 5.82 Å². The standard InChI is InChI=1S/C12H19N5O3/c1-16(5-4-14-20)12-8(13)2-3-11(15-12)17-6-9(18)10(19)7-17/h2-3,9-10,18-19H,4-7,13H2,1H3. The van der Waals surface area contributed by atoms with Crippen LogP contribution in [-0.2, 0) is 0 Å². The fraction of sp³-hybridized carbons (Fsp3) is 0.583. The van der Waals surface area contributed by atoms with Gasteiger partial charge in [-0.25, -0.2) is 4.98 Å². The molecule has 2 heterocycles. The summed E-state index contributed by atoms with van der Waals surface area (Å²) in [5.41, 5.74) is 6.39. The Balaban J connectivity index is 2.18. The van der Waals surface area contributed by atoms with E-state index in [0.29, 0.717) is 37.0 Å². The molecule has 1 fully saturated rings. The number of nitrogen functional groups attached to an aromatic ring is 1. The zero-order chi connectivity index (χ0) is 14.7. The van der Waals surface area contributed by atoms with E-state index in [1.807, 2.05) is 0 Å². The van der Waals surface area contributed by atoms with Crippen LogP contribution in [0.3, 0.4) is 0 Å². The third-order valence-corrected chi connectivity index (χ3v) is 3.36. The van der Waals surface area contributed by atoms with Gasteiger partial charge in [-0.2, -0.15) is 4.91 Å². The fourth-order valence-electron chi connectivity index (χ4n) is 2.18. The highest BCUT2D eigenvalue weighted by molar-refractivity contribution is 5.66. The fourth-order valence-corrected chi connectivity index (χ4v) is 2.18. The van der Waals surface area contributed by atoms with Crippen LogP contribution in [0.15, 0.2) is 17.3 Å². The third kappa shape index (κ3) is 2.97. The molecule has 4 N–H and O–H groups in total. The molecule has 8 heteroatoms. The first kappa shape index (κ1) is 14.5. The Morgan fingerprint density at radius 3 is 2.70 bits per heavy atom. The van der Waals surface area contributed by atoms with E-state index in [1.54, 1.807) is 29.0 Å². The summed E-state index contributed by atoms with van der Waals surface area (Å²) < 4.78 is 0. The molecule has 1 aromatic heterocycles. The molecule has 0 spiro atoms. The monoisotopic (exact) mass is 281 g/mol. The summed E-state index contributed by atoms with van der Waals surface area (Å²) in [5, 5.41) is 22.0. The summed E-state index contributed by atoms with van der Waals surface area (Å²) in [6.45, 7) is 1.24. The van der Waals surface area contributed by atoms with Gasteiger partial charge in [-0.1, -0.05) is 5.18 Å². The van der Waals surface area contributed by atoms with Crippen molar-refractivity contribution in [2.45, 2.75) is 12.2 Å². The molecule has 0 amide bonds. The van der Waals surface area contributed by atoms with Crippen molar-refractivity contribution in [3.05, 3.63) is 17.0 Å². The van der Waals surface area contributed by atoms with Crippen LogP contribution in [0.25, 0.3) is 0 Å². The number of hydrogen-bond donors (Lipinski definition) is 3. The van der Waals surface area contributed by atoms with Crippen molar-refractivity contribution in [3.8, 4) is 0 Å². The number of hydrogen-bond acceptors (Lipinski definition) is 8. The summed E-state index contributed by atoms with van der Waals surface area (Å²) in [5.74, 6) is 1.19. The van der Waals surface area contributed by atoms with E-state index >= 15 is 0 Å². The smallest absolute Gasteiger partial charge is 0.154 e. The maximum atomic E-state index is 10.2. The summed E-state index contributed by atoms with van der Waals surface area (Å²) in [6.07, 6.45) is -1.54. The van der Waals surface area contributed by atoms with Gasteiger partial charge in [0.2, 0.25) is 0 Å². The van der Waals surface area contributed by atoms with E-state index in [2.05, 4.69) is 10.2 Å². The first-order chi connectivity index (χ1) is 9.52. The Morgan fingerprint density at radius 2 is 2.10 bits per heavy atom. The molecule has 1 aromatic rings. The number of rotatable bonds is 5. The summed E-state index contributed by atoms with van der Waals surface area (Å²) in [7, 11) is 1.78. The van der Waals surface area contributed by atoms with Gasteiger partial charge >= 0.3 is 0 Å². The van der Waals surface area contributed by atoms with E-state index in [0.717, 1.165) is 0 Å². The van der Waals surface area contributed by atoms with Crippen molar-refractivity contribution in [1.29, 1.82) is 0 Å². The van der Waals surface area contributed by atoms with E-state index in [9.17, 15) is 15.1 Å². The maximum Gasteiger partial charge on any atom is 0.154 e. The van der Waals surface area contributed by atoms with E-state index in [4.69, 9.17) is 5.73 Å². The predicted molar refractivity (Wildman–Crippen MR) is 76.8 cm³/mol. The number of nitrogens with zero attached hydrogens (tertiary/aromatic N) is 4. The van der Waals surface area contributed by atoms with Gasteiger partial charge < -0.3 is 25.7 Å². The first-order valence-corrected chi connectivity index (χ1v) is 6.40. The molecule has 20 heavy (non-hydrogen) atoms. The van der Waals surface area contributed by atoms with Crippen LogP contribution in [0.1, 0.15) is 0 Å². The molecule has 2 rings (SSSR count). The van der Waals surface area contributed by atoms with Gasteiger partial charge in [0.25, 0.3) is 0 Å². The van der Waals surface area contributed by atoms with Crippen LogP contribution in [0.2, 0.25) is 0 Å². The molecule has 1 aliphatic heterocycles. The van der Waals surface area contributed by atoms with Crippen LogP contribution in [0.4, 0.5) is 17.3 Å². The normalized spacial score (nSPS) is 22.1. The molecule has 8 nitrogen and oxygen atoms in total. The van der Waals surface area contributed by atoms with Crippen molar-refractivity contribution < 1.29 is 10.2 Å². The van der Waals surface area contributed by atoms with Gasteiger partial charge in [0.1, 0.15) is 5.82 Å². The summed E-state index contributed by atoms with van der Waals surface area (Å²) in [6, 6.07) is 3.47. The van der Waals surface area contributed by atoms with Crippen molar-refractivity contribution in [3.63, 3.8) is 0 Å². The van der Waals surface area contributed by atoms with E-state index in [-0.39, 0.29) is 6.54 Å². The topological polar surface area (TPSA) is 115 Å². The number of likely N-dealkylation sites (N-methyl/N-ethyl adjacent to an activating group) is 1. The predicted octanol–water partition coefficient (Wildman–Crippen LogP) is -0.592. The largest absolute Gasteiger partial charge is 0.396 e. The highest BCUT2D eigenvalue weighted by Gasteiger charge is 2.30. The molecular weight excluding hydrogens is 262 g/mol. The Hall–Kier alpha value is -1.93. The number of pyridine rings is 1. The molecule has 0 aliphatic carbocycles.